The molecule has 0 aliphatic carbocycles. The molecule has 3 N–H and O–H groups in total. The Bertz CT molecular complexity index is 374. The van der Waals surface area contributed by atoms with Crippen LogP contribution in [-0.2, 0) is 4.74 Å². The van der Waals surface area contributed by atoms with Gasteiger partial charge in [-0.15, -0.1) is 0 Å². The molecule has 1 rings (SSSR count). The molecule has 5 heteroatoms. The molecule has 0 spiro atoms. The summed E-state index contributed by atoms with van der Waals surface area (Å²) in [5, 5.41) is 10.1. The smallest absolute Gasteiger partial charge is 0.0952 e. The van der Waals surface area contributed by atoms with Crippen molar-refractivity contribution in [2.75, 3.05) is 6.54 Å². The van der Waals surface area contributed by atoms with Crippen LogP contribution in [0, 0.1) is 0 Å². The number of hydrogen-bond acceptors (Lipinski definition) is 3. The second kappa shape index (κ2) is 6.71. The van der Waals surface area contributed by atoms with Gasteiger partial charge in [0.25, 0.3) is 0 Å². The number of hydrogen-bond donors (Lipinski definition) is 2. The zero-order chi connectivity index (χ0) is 13.0. The first-order chi connectivity index (χ1) is 7.95. The Labute approximate surface area is 115 Å². The Hall–Kier alpha value is -0.130. The van der Waals surface area contributed by atoms with E-state index in [-0.39, 0.29) is 12.2 Å². The van der Waals surface area contributed by atoms with Crippen molar-refractivity contribution in [1.29, 1.82) is 0 Å². The van der Waals surface area contributed by atoms with Gasteiger partial charge in [0.2, 0.25) is 0 Å². The maximum Gasteiger partial charge on any atom is 0.0952 e. The first kappa shape index (κ1) is 14.9. The minimum atomic E-state index is -0.528. The van der Waals surface area contributed by atoms with E-state index < -0.39 is 6.10 Å². The summed E-state index contributed by atoms with van der Waals surface area (Å²) >= 11 is 9.29. The van der Waals surface area contributed by atoms with E-state index in [0.29, 0.717) is 11.6 Å². The van der Waals surface area contributed by atoms with Crippen LogP contribution in [0.3, 0.4) is 0 Å². The largest absolute Gasteiger partial charge is 0.391 e. The third kappa shape index (κ3) is 4.23. The summed E-state index contributed by atoms with van der Waals surface area (Å²) in [6, 6.07) is 5.55. The summed E-state index contributed by atoms with van der Waals surface area (Å²) in [6.07, 6.45) is -1.04. The lowest BCUT2D eigenvalue weighted by atomic mass is 10.1. The van der Waals surface area contributed by atoms with Crippen molar-refractivity contribution in [2.24, 2.45) is 5.73 Å². The molecule has 0 aromatic heterocycles. The molecule has 0 aliphatic rings. The molecule has 0 saturated heterocycles. The lowest BCUT2D eigenvalue weighted by Crippen LogP contribution is -2.28. The second-order valence-electron chi connectivity index (χ2n) is 3.98. The molecule has 1 aromatic carbocycles. The third-order valence-electron chi connectivity index (χ3n) is 2.59. The van der Waals surface area contributed by atoms with Crippen molar-refractivity contribution in [2.45, 2.75) is 32.2 Å². The summed E-state index contributed by atoms with van der Waals surface area (Å²) in [4.78, 5) is 0. The van der Waals surface area contributed by atoms with E-state index in [1.807, 2.05) is 19.1 Å². The average molecular weight is 323 g/mol. The number of nitrogens with two attached hydrogens (primary N) is 1. The quantitative estimate of drug-likeness (QED) is 0.876. The van der Waals surface area contributed by atoms with E-state index in [1.54, 1.807) is 13.0 Å². The van der Waals surface area contributed by atoms with Crippen LogP contribution >= 0.6 is 27.5 Å². The predicted molar refractivity (Wildman–Crippen MR) is 73.2 cm³/mol. The number of halogens is 2. The lowest BCUT2D eigenvalue weighted by Gasteiger charge is -2.23. The van der Waals surface area contributed by atoms with Gasteiger partial charge >= 0.3 is 0 Å². The van der Waals surface area contributed by atoms with Crippen LogP contribution in [0.5, 0.6) is 0 Å². The van der Waals surface area contributed by atoms with Gasteiger partial charge in [-0.3, -0.25) is 0 Å². The molecule has 0 radical (unpaired) electrons. The Morgan fingerprint density at radius 3 is 2.59 bits per heavy atom. The zero-order valence-electron chi connectivity index (χ0n) is 9.86. The number of benzene rings is 1. The second-order valence-corrected chi connectivity index (χ2v) is 5.24. The Morgan fingerprint density at radius 1 is 1.47 bits per heavy atom. The van der Waals surface area contributed by atoms with E-state index in [2.05, 4.69) is 15.9 Å². The average Bonchev–Trinajstić information content (AvgIpc) is 2.29. The fourth-order valence-corrected chi connectivity index (χ4v) is 1.87. The molecule has 3 unspecified atom stereocenters. The van der Waals surface area contributed by atoms with E-state index in [4.69, 9.17) is 22.1 Å². The van der Waals surface area contributed by atoms with Crippen molar-refractivity contribution in [3.8, 4) is 0 Å². The number of ether oxygens (including phenoxy) is 1. The fraction of sp³-hybridized carbons (Fsp3) is 0.500. The van der Waals surface area contributed by atoms with Crippen LogP contribution in [0.25, 0.3) is 0 Å². The van der Waals surface area contributed by atoms with Crippen LogP contribution in [0.2, 0.25) is 5.02 Å². The van der Waals surface area contributed by atoms with Gasteiger partial charge in [-0.2, -0.15) is 0 Å². The first-order valence-electron chi connectivity index (χ1n) is 5.44. The Morgan fingerprint density at radius 2 is 2.12 bits per heavy atom. The summed E-state index contributed by atoms with van der Waals surface area (Å²) in [6.45, 7) is 3.86. The minimum absolute atomic E-state index is 0.242. The molecular formula is C12H17BrClNO2. The number of rotatable bonds is 5. The van der Waals surface area contributed by atoms with Gasteiger partial charge in [0, 0.05) is 11.0 Å². The molecule has 0 amide bonds. The standard InChI is InChI=1S/C12H17BrClNO2/c1-7(16)8(2)17-12(6-15)9-3-4-11(14)10(13)5-9/h3-5,7-8,12,16H,6,15H2,1-2H3. The van der Waals surface area contributed by atoms with Crippen LogP contribution < -0.4 is 5.73 Å². The molecule has 0 heterocycles. The molecule has 96 valence electrons. The molecular weight excluding hydrogens is 305 g/mol. The number of aliphatic hydroxyl groups excluding tert-OH is 1. The Kier molecular flexibility index (Phi) is 5.89. The van der Waals surface area contributed by atoms with Gasteiger partial charge in [-0.1, -0.05) is 17.7 Å². The van der Waals surface area contributed by atoms with E-state index in [9.17, 15) is 5.11 Å². The van der Waals surface area contributed by atoms with Gasteiger partial charge in [0.15, 0.2) is 0 Å². The maximum absolute atomic E-state index is 9.41. The van der Waals surface area contributed by atoms with Crippen LogP contribution in [-0.4, -0.2) is 23.9 Å². The van der Waals surface area contributed by atoms with E-state index in [0.717, 1.165) is 10.0 Å². The highest BCUT2D eigenvalue weighted by Crippen LogP contribution is 2.28. The van der Waals surface area contributed by atoms with Gasteiger partial charge in [0.05, 0.1) is 23.3 Å². The lowest BCUT2D eigenvalue weighted by molar-refractivity contribution is -0.0591. The van der Waals surface area contributed by atoms with Crippen LogP contribution in [0.1, 0.15) is 25.5 Å². The normalized spacial score (nSPS) is 16.6. The number of aliphatic hydroxyl groups is 1. The van der Waals surface area contributed by atoms with Gasteiger partial charge in [0.1, 0.15) is 0 Å². The predicted octanol–water partition coefficient (Wildman–Crippen LogP) is 2.89. The zero-order valence-corrected chi connectivity index (χ0v) is 12.2. The highest BCUT2D eigenvalue weighted by Gasteiger charge is 2.18. The van der Waals surface area contributed by atoms with Gasteiger partial charge in [-0.05, 0) is 47.5 Å². The molecule has 1 aromatic rings. The van der Waals surface area contributed by atoms with Gasteiger partial charge < -0.3 is 15.6 Å². The third-order valence-corrected chi connectivity index (χ3v) is 3.80. The SMILES string of the molecule is CC(O)C(C)OC(CN)c1ccc(Cl)c(Br)c1. The van der Waals surface area contributed by atoms with Crippen molar-refractivity contribution in [3.05, 3.63) is 33.3 Å². The molecule has 17 heavy (non-hydrogen) atoms. The molecule has 0 fully saturated rings. The first-order valence-corrected chi connectivity index (χ1v) is 6.61. The fourth-order valence-electron chi connectivity index (χ4n) is 1.36. The van der Waals surface area contributed by atoms with Crippen LogP contribution in [0.4, 0.5) is 0 Å². The molecule has 3 atom stereocenters. The summed E-state index contributed by atoms with van der Waals surface area (Å²) in [5.41, 5.74) is 6.63. The summed E-state index contributed by atoms with van der Waals surface area (Å²) < 4.78 is 6.51. The minimum Gasteiger partial charge on any atom is -0.391 e. The topological polar surface area (TPSA) is 55.5 Å². The molecule has 0 bridgehead atoms. The molecule has 0 aliphatic heterocycles. The van der Waals surface area contributed by atoms with E-state index in [1.165, 1.54) is 0 Å². The monoisotopic (exact) mass is 321 g/mol. The van der Waals surface area contributed by atoms with E-state index >= 15 is 0 Å². The molecule has 3 nitrogen and oxygen atoms in total. The van der Waals surface area contributed by atoms with Crippen LogP contribution in [0.15, 0.2) is 22.7 Å². The highest BCUT2D eigenvalue weighted by atomic mass is 79.9. The van der Waals surface area contributed by atoms with Crippen molar-refractivity contribution >= 4 is 27.5 Å². The van der Waals surface area contributed by atoms with Crippen molar-refractivity contribution in [3.63, 3.8) is 0 Å². The highest BCUT2D eigenvalue weighted by molar-refractivity contribution is 9.10. The summed E-state index contributed by atoms with van der Waals surface area (Å²) in [7, 11) is 0. The molecule has 0 saturated carbocycles. The maximum atomic E-state index is 9.41. The van der Waals surface area contributed by atoms with Gasteiger partial charge in [-0.25, -0.2) is 0 Å². The Balaban J connectivity index is 2.82. The van der Waals surface area contributed by atoms with Crippen molar-refractivity contribution in [1.82, 2.24) is 0 Å². The van der Waals surface area contributed by atoms with Crippen molar-refractivity contribution < 1.29 is 9.84 Å². The summed E-state index contributed by atoms with van der Waals surface area (Å²) in [5.74, 6) is 0.